The average Bonchev–Trinajstić information content (AvgIpc) is 3.38. The fourth-order valence-electron chi connectivity index (χ4n) is 4.14. The van der Waals surface area contributed by atoms with Crippen LogP contribution in [0.1, 0.15) is 15.9 Å². The van der Waals surface area contributed by atoms with Gasteiger partial charge in [-0.25, -0.2) is 9.37 Å². The van der Waals surface area contributed by atoms with E-state index in [4.69, 9.17) is 22.3 Å². The molecule has 1 unspecified atom stereocenters. The lowest BCUT2D eigenvalue weighted by atomic mass is 10.0. The van der Waals surface area contributed by atoms with Gasteiger partial charge in [0.15, 0.2) is 5.13 Å². The van der Waals surface area contributed by atoms with Crippen molar-refractivity contribution in [2.75, 3.05) is 5.32 Å². The number of primary amides is 1. The van der Waals surface area contributed by atoms with Gasteiger partial charge in [-0.2, -0.15) is 0 Å². The smallest absolute Gasteiger partial charge is 0.252 e. The number of amides is 2. The lowest BCUT2D eigenvalue weighted by Crippen LogP contribution is -2.45. The number of carbonyl (C=O) groups excluding carboxylic acids is 2. The number of nitrogens with one attached hydrogen (secondary N) is 2. The minimum atomic E-state index is -0.955. The van der Waals surface area contributed by atoms with Gasteiger partial charge in [0.1, 0.15) is 11.9 Å². The number of aromatic nitrogens is 1. The van der Waals surface area contributed by atoms with E-state index in [1.165, 1.54) is 18.2 Å². The highest BCUT2D eigenvalue weighted by molar-refractivity contribution is 7.19. The highest BCUT2D eigenvalue weighted by atomic mass is 35.5. The van der Waals surface area contributed by atoms with Crippen molar-refractivity contribution < 1.29 is 14.0 Å². The highest BCUT2D eigenvalue weighted by Gasteiger charge is 2.20. The maximum atomic E-state index is 13.5. The Labute approximate surface area is 239 Å². The molecule has 0 spiro atoms. The maximum Gasteiger partial charge on any atom is 0.252 e. The minimum absolute atomic E-state index is 0.113. The summed E-state index contributed by atoms with van der Waals surface area (Å²) in [6.07, 6.45) is 0.187. The first kappa shape index (κ1) is 27.1. The van der Waals surface area contributed by atoms with Gasteiger partial charge in [0.05, 0.1) is 10.6 Å². The van der Waals surface area contributed by atoms with E-state index in [1.54, 1.807) is 11.3 Å². The maximum absolute atomic E-state index is 13.5. The van der Waals surface area contributed by atoms with Crippen LogP contribution in [0, 0.1) is 5.82 Å². The third-order valence-electron chi connectivity index (χ3n) is 6.16. The number of halogens is 2. The molecule has 1 atom stereocenters. The Morgan fingerprint density at radius 3 is 2.30 bits per heavy atom. The molecule has 1 heterocycles. The van der Waals surface area contributed by atoms with E-state index in [1.807, 2.05) is 78.9 Å². The fourth-order valence-corrected chi connectivity index (χ4v) is 5.28. The molecule has 200 valence electrons. The first-order valence-electron chi connectivity index (χ1n) is 12.4. The van der Waals surface area contributed by atoms with Crippen molar-refractivity contribution in [2.45, 2.75) is 12.5 Å². The van der Waals surface area contributed by atoms with Crippen LogP contribution in [0.2, 0.25) is 5.02 Å². The fraction of sp³-hybridized carbons (Fsp3) is 0.0645. The minimum Gasteiger partial charge on any atom is -0.368 e. The number of anilines is 2. The van der Waals surface area contributed by atoms with E-state index in [0.717, 1.165) is 39.0 Å². The number of thiazole rings is 1. The monoisotopic (exact) mass is 570 g/mol. The number of benzene rings is 4. The van der Waals surface area contributed by atoms with Crippen LogP contribution >= 0.6 is 22.9 Å². The molecule has 2 amide bonds. The van der Waals surface area contributed by atoms with E-state index in [0.29, 0.717) is 10.2 Å². The predicted molar refractivity (Wildman–Crippen MR) is 158 cm³/mol. The molecule has 0 saturated carbocycles. The topological polar surface area (TPSA) is 97.1 Å². The number of nitrogens with two attached hydrogens (primary N) is 1. The van der Waals surface area contributed by atoms with Gasteiger partial charge in [0.25, 0.3) is 5.91 Å². The van der Waals surface area contributed by atoms with Crippen LogP contribution in [-0.4, -0.2) is 22.8 Å². The number of hydrogen-bond acceptors (Lipinski definition) is 5. The third-order valence-corrected chi connectivity index (χ3v) is 7.43. The number of rotatable bonds is 9. The predicted octanol–water partition coefficient (Wildman–Crippen LogP) is 6.84. The second kappa shape index (κ2) is 12.1. The summed E-state index contributed by atoms with van der Waals surface area (Å²) in [5, 5.41) is 7.33. The molecule has 40 heavy (non-hydrogen) atoms. The SMILES string of the molecule is NC(=O)C(Cc1ccc(Nc2nc(-c3ccc(Cl)cc3)c(-c3ccccc3)s2)cc1)NC(=O)c1cccc(F)c1. The highest BCUT2D eigenvalue weighted by Crippen LogP contribution is 2.40. The van der Waals surface area contributed by atoms with Gasteiger partial charge in [-0.05, 0) is 53.6 Å². The van der Waals surface area contributed by atoms with Crippen molar-refractivity contribution in [1.82, 2.24) is 10.3 Å². The first-order valence-corrected chi connectivity index (χ1v) is 13.6. The van der Waals surface area contributed by atoms with Crippen molar-refractivity contribution >= 4 is 45.6 Å². The second-order valence-electron chi connectivity index (χ2n) is 9.03. The lowest BCUT2D eigenvalue weighted by Gasteiger charge is -2.16. The summed E-state index contributed by atoms with van der Waals surface area (Å²) in [5.74, 6) is -1.79. The molecular weight excluding hydrogens is 547 g/mol. The van der Waals surface area contributed by atoms with Gasteiger partial charge in [-0.3, -0.25) is 9.59 Å². The van der Waals surface area contributed by atoms with Gasteiger partial charge in [0, 0.05) is 28.3 Å². The van der Waals surface area contributed by atoms with Crippen molar-refractivity contribution in [3.05, 3.63) is 125 Å². The summed E-state index contributed by atoms with van der Waals surface area (Å²) in [7, 11) is 0. The molecule has 0 aliphatic rings. The lowest BCUT2D eigenvalue weighted by molar-refractivity contribution is -0.119. The van der Waals surface area contributed by atoms with Crippen LogP contribution in [0.4, 0.5) is 15.2 Å². The zero-order valence-electron chi connectivity index (χ0n) is 21.1. The molecule has 0 aliphatic heterocycles. The average molecular weight is 571 g/mol. The van der Waals surface area contributed by atoms with Crippen molar-refractivity contribution in [3.63, 3.8) is 0 Å². The van der Waals surface area contributed by atoms with Gasteiger partial charge < -0.3 is 16.4 Å². The molecule has 0 fully saturated rings. The Morgan fingerprint density at radius 1 is 0.900 bits per heavy atom. The Kier molecular flexibility index (Phi) is 8.19. The van der Waals surface area contributed by atoms with Crippen molar-refractivity contribution in [2.24, 2.45) is 5.73 Å². The van der Waals surface area contributed by atoms with E-state index < -0.39 is 23.7 Å². The molecule has 6 nitrogen and oxygen atoms in total. The largest absolute Gasteiger partial charge is 0.368 e. The molecular formula is C31H24ClFN4O2S. The van der Waals surface area contributed by atoms with Crippen LogP contribution in [0.15, 0.2) is 103 Å². The molecule has 1 aromatic heterocycles. The Morgan fingerprint density at radius 2 is 1.62 bits per heavy atom. The summed E-state index contributed by atoms with van der Waals surface area (Å²) >= 11 is 7.64. The number of nitrogens with zero attached hydrogens (tertiary/aromatic N) is 1. The Balaban J connectivity index is 1.32. The second-order valence-corrected chi connectivity index (χ2v) is 10.5. The molecule has 4 aromatic carbocycles. The van der Waals surface area contributed by atoms with Crippen LogP contribution in [0.25, 0.3) is 21.7 Å². The summed E-state index contributed by atoms with van der Waals surface area (Å²) < 4.78 is 13.5. The number of hydrogen-bond donors (Lipinski definition) is 3. The summed E-state index contributed by atoms with van der Waals surface area (Å²) in [5.41, 5.74) is 10.1. The Hall–Kier alpha value is -4.53. The quantitative estimate of drug-likeness (QED) is 0.181. The van der Waals surface area contributed by atoms with Gasteiger partial charge >= 0.3 is 0 Å². The van der Waals surface area contributed by atoms with Crippen molar-refractivity contribution in [1.29, 1.82) is 0 Å². The van der Waals surface area contributed by atoms with E-state index in [2.05, 4.69) is 10.6 Å². The van der Waals surface area contributed by atoms with Gasteiger partial charge in [-0.1, -0.05) is 83.6 Å². The normalized spacial score (nSPS) is 11.6. The molecule has 9 heteroatoms. The molecule has 4 N–H and O–H groups in total. The van der Waals surface area contributed by atoms with E-state index in [9.17, 15) is 14.0 Å². The van der Waals surface area contributed by atoms with Crippen molar-refractivity contribution in [3.8, 4) is 21.7 Å². The Bertz CT molecular complexity index is 1640. The summed E-state index contributed by atoms with van der Waals surface area (Å²) in [6.45, 7) is 0. The molecule has 5 aromatic rings. The molecule has 0 bridgehead atoms. The molecule has 0 aliphatic carbocycles. The van der Waals surface area contributed by atoms with E-state index in [-0.39, 0.29) is 12.0 Å². The number of carbonyl (C=O) groups is 2. The molecule has 0 radical (unpaired) electrons. The van der Waals surface area contributed by atoms with Crippen LogP contribution < -0.4 is 16.4 Å². The van der Waals surface area contributed by atoms with Crippen LogP contribution in [-0.2, 0) is 11.2 Å². The zero-order chi connectivity index (χ0) is 28.1. The van der Waals surface area contributed by atoms with Gasteiger partial charge in [0.2, 0.25) is 5.91 Å². The van der Waals surface area contributed by atoms with Crippen LogP contribution in [0.3, 0.4) is 0 Å². The molecule has 0 saturated heterocycles. The summed E-state index contributed by atoms with van der Waals surface area (Å²) in [6, 6.07) is 29.4. The zero-order valence-corrected chi connectivity index (χ0v) is 22.7. The summed E-state index contributed by atoms with van der Waals surface area (Å²) in [4.78, 5) is 30.4. The molecule has 5 rings (SSSR count). The first-order chi connectivity index (χ1) is 19.4. The van der Waals surface area contributed by atoms with Crippen LogP contribution in [0.5, 0.6) is 0 Å². The van der Waals surface area contributed by atoms with Gasteiger partial charge in [-0.15, -0.1) is 0 Å². The third kappa shape index (κ3) is 6.54. The standard InChI is InChI=1S/C31H24ClFN4O2S/c32-23-13-11-20(12-14-23)27-28(21-5-2-1-3-6-21)40-31(37-27)35-25-15-9-19(10-16-25)17-26(29(34)38)36-30(39)22-7-4-8-24(33)18-22/h1-16,18,26H,17H2,(H2,34,38)(H,35,37)(H,36,39). The van der Waals surface area contributed by atoms with E-state index >= 15 is 0 Å².